The maximum Gasteiger partial charge on any atom is 0.121 e. The Morgan fingerprint density at radius 1 is 1.28 bits per heavy atom. The Labute approximate surface area is 115 Å². The number of hydrogen-bond donors (Lipinski definition) is 1. The highest BCUT2D eigenvalue weighted by atomic mass is 79.9. The lowest BCUT2D eigenvalue weighted by Crippen LogP contribution is -2.01. The molecule has 0 atom stereocenters. The highest BCUT2D eigenvalue weighted by Gasteiger charge is 2.02. The molecule has 0 unspecified atom stereocenters. The molecule has 0 bridgehead atoms. The van der Waals surface area contributed by atoms with Crippen LogP contribution in [0.5, 0.6) is 5.75 Å². The van der Waals surface area contributed by atoms with Crippen LogP contribution in [0.1, 0.15) is 11.1 Å². The second kappa shape index (κ2) is 5.87. The van der Waals surface area contributed by atoms with E-state index < -0.39 is 0 Å². The Morgan fingerprint density at radius 2 is 2.11 bits per heavy atom. The fraction of sp³-hybridized carbons (Fsp3) is 0.214. The fourth-order valence-electron chi connectivity index (χ4n) is 1.68. The number of aromatic nitrogens is 1. The first-order valence-corrected chi connectivity index (χ1v) is 6.46. The monoisotopic (exact) mass is 306 g/mol. The molecule has 0 fully saturated rings. The number of methoxy groups -OCH3 is 1. The lowest BCUT2D eigenvalue weighted by atomic mass is 10.2. The van der Waals surface area contributed by atoms with Gasteiger partial charge in [-0.2, -0.15) is 0 Å². The summed E-state index contributed by atoms with van der Waals surface area (Å²) >= 11 is 3.51. The van der Waals surface area contributed by atoms with Crippen molar-refractivity contribution in [3.8, 4) is 5.75 Å². The summed E-state index contributed by atoms with van der Waals surface area (Å²) < 4.78 is 6.23. The van der Waals surface area contributed by atoms with Crippen LogP contribution in [0.4, 0.5) is 5.69 Å². The molecule has 0 aliphatic heterocycles. The van der Waals surface area contributed by atoms with Crippen molar-refractivity contribution < 1.29 is 4.74 Å². The quantitative estimate of drug-likeness (QED) is 0.933. The zero-order valence-electron chi connectivity index (χ0n) is 10.4. The van der Waals surface area contributed by atoms with Crippen LogP contribution in [0, 0.1) is 6.92 Å². The summed E-state index contributed by atoms with van der Waals surface area (Å²) in [6, 6.07) is 7.97. The van der Waals surface area contributed by atoms with Crippen LogP contribution in [-0.2, 0) is 6.54 Å². The van der Waals surface area contributed by atoms with E-state index in [1.165, 1.54) is 5.56 Å². The summed E-state index contributed by atoms with van der Waals surface area (Å²) in [6.07, 6.45) is 3.72. The number of hydrogen-bond acceptors (Lipinski definition) is 3. The lowest BCUT2D eigenvalue weighted by Gasteiger charge is -2.10. The zero-order valence-corrected chi connectivity index (χ0v) is 12.0. The van der Waals surface area contributed by atoms with Gasteiger partial charge in [-0.15, -0.1) is 0 Å². The van der Waals surface area contributed by atoms with Gasteiger partial charge in [0.1, 0.15) is 5.75 Å². The van der Waals surface area contributed by atoms with Crippen molar-refractivity contribution in [2.45, 2.75) is 13.5 Å². The molecule has 1 aromatic carbocycles. The lowest BCUT2D eigenvalue weighted by molar-refractivity contribution is 0.415. The maximum absolute atomic E-state index is 5.21. The number of pyridine rings is 1. The van der Waals surface area contributed by atoms with Gasteiger partial charge in [0.15, 0.2) is 0 Å². The number of nitrogens with zero attached hydrogens (tertiary/aromatic N) is 1. The molecule has 94 valence electrons. The van der Waals surface area contributed by atoms with Crippen molar-refractivity contribution in [1.82, 2.24) is 4.98 Å². The summed E-state index contributed by atoms with van der Waals surface area (Å²) in [4.78, 5) is 4.18. The average molecular weight is 307 g/mol. The first-order valence-electron chi connectivity index (χ1n) is 5.67. The molecule has 2 rings (SSSR count). The topological polar surface area (TPSA) is 34.1 Å². The van der Waals surface area contributed by atoms with Gasteiger partial charge in [0.2, 0.25) is 0 Å². The SMILES string of the molecule is COc1ccc(Br)c(NCc2cncc(C)c2)c1. The van der Waals surface area contributed by atoms with Gasteiger partial charge in [-0.05, 0) is 46.1 Å². The minimum atomic E-state index is 0.737. The van der Waals surface area contributed by atoms with E-state index in [0.717, 1.165) is 28.0 Å². The highest BCUT2D eigenvalue weighted by Crippen LogP contribution is 2.27. The molecule has 1 aromatic heterocycles. The molecule has 3 nitrogen and oxygen atoms in total. The molecular weight excluding hydrogens is 292 g/mol. The van der Waals surface area contributed by atoms with Gasteiger partial charge < -0.3 is 10.1 Å². The fourth-order valence-corrected chi connectivity index (χ4v) is 2.07. The van der Waals surface area contributed by atoms with Gasteiger partial charge in [-0.3, -0.25) is 4.98 Å². The molecular formula is C14H15BrN2O. The number of rotatable bonds is 4. The van der Waals surface area contributed by atoms with Crippen LogP contribution in [-0.4, -0.2) is 12.1 Å². The summed E-state index contributed by atoms with van der Waals surface area (Å²) in [6.45, 7) is 2.78. The van der Waals surface area contributed by atoms with Crippen molar-refractivity contribution in [2.75, 3.05) is 12.4 Å². The van der Waals surface area contributed by atoms with Gasteiger partial charge in [0, 0.05) is 29.5 Å². The highest BCUT2D eigenvalue weighted by molar-refractivity contribution is 9.10. The zero-order chi connectivity index (χ0) is 13.0. The molecule has 0 amide bonds. The van der Waals surface area contributed by atoms with E-state index in [1.54, 1.807) is 7.11 Å². The third-order valence-corrected chi connectivity index (χ3v) is 3.28. The van der Waals surface area contributed by atoms with Crippen molar-refractivity contribution >= 4 is 21.6 Å². The van der Waals surface area contributed by atoms with Crippen LogP contribution < -0.4 is 10.1 Å². The maximum atomic E-state index is 5.21. The van der Waals surface area contributed by atoms with E-state index in [2.05, 4.69) is 32.3 Å². The Balaban J connectivity index is 2.10. The number of ether oxygens (including phenoxy) is 1. The standard InChI is InChI=1S/C14H15BrN2O/c1-10-5-11(8-16-7-10)9-17-14-6-12(18-2)3-4-13(14)15/h3-8,17H,9H2,1-2H3. The largest absolute Gasteiger partial charge is 0.497 e. The minimum absolute atomic E-state index is 0.737. The Kier molecular flexibility index (Phi) is 4.20. The van der Waals surface area contributed by atoms with Crippen LogP contribution in [0.2, 0.25) is 0 Å². The summed E-state index contributed by atoms with van der Waals surface area (Å²) in [5.41, 5.74) is 3.33. The van der Waals surface area contributed by atoms with Gasteiger partial charge in [-0.1, -0.05) is 6.07 Å². The van der Waals surface area contributed by atoms with E-state index in [9.17, 15) is 0 Å². The third-order valence-electron chi connectivity index (χ3n) is 2.59. The molecule has 0 saturated heterocycles. The van der Waals surface area contributed by atoms with E-state index >= 15 is 0 Å². The van der Waals surface area contributed by atoms with Crippen molar-refractivity contribution in [2.24, 2.45) is 0 Å². The number of benzene rings is 1. The summed E-state index contributed by atoms with van der Waals surface area (Å²) in [5, 5.41) is 3.36. The van der Waals surface area contributed by atoms with Gasteiger partial charge in [-0.25, -0.2) is 0 Å². The van der Waals surface area contributed by atoms with E-state index in [1.807, 2.05) is 37.5 Å². The molecule has 0 radical (unpaired) electrons. The summed E-state index contributed by atoms with van der Waals surface area (Å²) in [7, 11) is 1.66. The molecule has 2 aromatic rings. The second-order valence-electron chi connectivity index (χ2n) is 4.07. The molecule has 0 aliphatic carbocycles. The minimum Gasteiger partial charge on any atom is -0.497 e. The number of aryl methyl sites for hydroxylation is 1. The van der Waals surface area contributed by atoms with Crippen LogP contribution >= 0.6 is 15.9 Å². The molecule has 0 saturated carbocycles. The molecule has 0 aliphatic rings. The number of halogens is 1. The van der Waals surface area contributed by atoms with E-state index in [4.69, 9.17) is 4.74 Å². The predicted octanol–water partition coefficient (Wildman–Crippen LogP) is 3.77. The van der Waals surface area contributed by atoms with Crippen LogP contribution in [0.25, 0.3) is 0 Å². The summed E-state index contributed by atoms with van der Waals surface area (Å²) in [5.74, 6) is 0.836. The Bertz CT molecular complexity index is 543. The van der Waals surface area contributed by atoms with Gasteiger partial charge in [0.05, 0.1) is 12.8 Å². The second-order valence-corrected chi connectivity index (χ2v) is 4.92. The van der Waals surface area contributed by atoms with E-state index in [-0.39, 0.29) is 0 Å². The Morgan fingerprint density at radius 3 is 2.83 bits per heavy atom. The van der Waals surface area contributed by atoms with Crippen LogP contribution in [0.15, 0.2) is 41.1 Å². The predicted molar refractivity (Wildman–Crippen MR) is 77.0 cm³/mol. The molecule has 0 spiro atoms. The molecule has 1 N–H and O–H groups in total. The van der Waals surface area contributed by atoms with Gasteiger partial charge in [0.25, 0.3) is 0 Å². The number of nitrogens with one attached hydrogen (secondary N) is 1. The molecule has 18 heavy (non-hydrogen) atoms. The smallest absolute Gasteiger partial charge is 0.121 e. The molecule has 1 heterocycles. The van der Waals surface area contributed by atoms with Gasteiger partial charge >= 0.3 is 0 Å². The number of anilines is 1. The Hall–Kier alpha value is -1.55. The first kappa shape index (κ1) is 12.9. The van der Waals surface area contributed by atoms with E-state index in [0.29, 0.717) is 0 Å². The van der Waals surface area contributed by atoms with Crippen molar-refractivity contribution in [3.63, 3.8) is 0 Å². The van der Waals surface area contributed by atoms with Crippen molar-refractivity contribution in [3.05, 3.63) is 52.3 Å². The normalized spacial score (nSPS) is 10.2. The average Bonchev–Trinajstić information content (AvgIpc) is 2.38. The van der Waals surface area contributed by atoms with Crippen molar-refractivity contribution in [1.29, 1.82) is 0 Å². The van der Waals surface area contributed by atoms with Crippen LogP contribution in [0.3, 0.4) is 0 Å². The first-order chi connectivity index (χ1) is 8.69. The molecule has 4 heteroatoms. The third kappa shape index (κ3) is 3.23.